The van der Waals surface area contributed by atoms with Gasteiger partial charge in [-0.1, -0.05) is 29.8 Å². The molecule has 1 amide bonds. The van der Waals surface area contributed by atoms with Crippen LogP contribution in [0.2, 0.25) is 5.02 Å². The number of para-hydroxylation sites is 1. The van der Waals surface area contributed by atoms with Crippen molar-refractivity contribution >= 4 is 28.9 Å². The van der Waals surface area contributed by atoms with E-state index in [0.29, 0.717) is 18.1 Å². The predicted octanol–water partition coefficient (Wildman–Crippen LogP) is 3.23. The van der Waals surface area contributed by atoms with Crippen molar-refractivity contribution in [3.05, 3.63) is 59.1 Å². The molecule has 1 atom stereocenters. The Morgan fingerprint density at radius 3 is 2.81 bits per heavy atom. The number of nitrogens with zero attached hydrogens (tertiary/aromatic N) is 2. The van der Waals surface area contributed by atoms with Crippen LogP contribution in [0.3, 0.4) is 0 Å². The van der Waals surface area contributed by atoms with Crippen LogP contribution in [0.4, 0.5) is 11.4 Å². The number of carbonyl (C=O) groups excluding carboxylic acids is 1. The number of hydrogen-bond acceptors (Lipinski definition) is 4. The molecule has 27 heavy (non-hydrogen) atoms. The third-order valence-corrected chi connectivity index (χ3v) is 5.28. The smallest absolute Gasteiger partial charge is 0.229 e. The number of likely N-dealkylation sites (N-methyl/N-ethyl adjacent to an activating group) is 1. The number of anilines is 2. The van der Waals surface area contributed by atoms with Crippen molar-refractivity contribution in [2.45, 2.75) is 13.0 Å². The summed E-state index contributed by atoms with van der Waals surface area (Å²) in [5.74, 6) is 0.0202. The molecule has 1 heterocycles. The Balaban J connectivity index is 1.61. The van der Waals surface area contributed by atoms with Crippen LogP contribution in [0.1, 0.15) is 12.0 Å². The summed E-state index contributed by atoms with van der Waals surface area (Å²) >= 11 is 6.28. The third-order valence-electron chi connectivity index (χ3n) is 4.92. The van der Waals surface area contributed by atoms with E-state index >= 15 is 0 Å². The van der Waals surface area contributed by atoms with Gasteiger partial charge in [-0.2, -0.15) is 0 Å². The van der Waals surface area contributed by atoms with Gasteiger partial charge in [0.2, 0.25) is 5.91 Å². The highest BCUT2D eigenvalue weighted by Gasteiger charge is 2.28. The molecule has 0 saturated carbocycles. The van der Waals surface area contributed by atoms with Gasteiger partial charge in [0.15, 0.2) is 0 Å². The van der Waals surface area contributed by atoms with Crippen molar-refractivity contribution in [1.29, 1.82) is 0 Å². The van der Waals surface area contributed by atoms with Crippen LogP contribution in [0.15, 0.2) is 48.5 Å². The highest BCUT2D eigenvalue weighted by molar-refractivity contribution is 6.31. The number of benzene rings is 2. The summed E-state index contributed by atoms with van der Waals surface area (Å²) < 4.78 is 0. The molecule has 1 unspecified atom stereocenters. The van der Waals surface area contributed by atoms with Gasteiger partial charge in [-0.15, -0.1) is 0 Å². The van der Waals surface area contributed by atoms with Gasteiger partial charge in [-0.3, -0.25) is 9.69 Å². The molecular formula is C21H26ClN3O2. The second-order valence-corrected chi connectivity index (χ2v) is 7.43. The average molecular weight is 388 g/mol. The molecule has 2 N–H and O–H groups in total. The van der Waals surface area contributed by atoms with Gasteiger partial charge in [0.1, 0.15) is 0 Å². The van der Waals surface area contributed by atoms with E-state index in [0.717, 1.165) is 36.4 Å². The lowest BCUT2D eigenvalue weighted by atomic mass is 10.1. The average Bonchev–Trinajstić information content (AvgIpc) is 3.16. The zero-order valence-electron chi connectivity index (χ0n) is 15.6. The lowest BCUT2D eigenvalue weighted by Crippen LogP contribution is -2.27. The second-order valence-electron chi connectivity index (χ2n) is 7.02. The lowest BCUT2D eigenvalue weighted by Gasteiger charge is -2.19. The number of rotatable bonds is 7. The van der Waals surface area contributed by atoms with E-state index in [-0.39, 0.29) is 18.4 Å². The Hall–Kier alpha value is -2.08. The zero-order chi connectivity index (χ0) is 19.2. The van der Waals surface area contributed by atoms with Crippen LogP contribution in [-0.2, 0) is 11.3 Å². The van der Waals surface area contributed by atoms with Crippen LogP contribution < -0.4 is 10.2 Å². The number of aliphatic hydroxyl groups is 1. The van der Waals surface area contributed by atoms with E-state index in [1.807, 2.05) is 48.3 Å². The van der Waals surface area contributed by atoms with Crippen LogP contribution in [0.25, 0.3) is 0 Å². The zero-order valence-corrected chi connectivity index (χ0v) is 16.3. The van der Waals surface area contributed by atoms with Crippen molar-refractivity contribution in [3.8, 4) is 0 Å². The SMILES string of the molecule is CN(CCO)Cc1cc(NC(=O)C2CCN(c3ccccc3)C2)ccc1Cl. The molecule has 1 aliphatic rings. The van der Waals surface area contributed by atoms with E-state index in [1.54, 1.807) is 0 Å². The molecule has 1 fully saturated rings. The summed E-state index contributed by atoms with van der Waals surface area (Å²) in [5, 5.41) is 12.7. The summed E-state index contributed by atoms with van der Waals surface area (Å²) in [4.78, 5) is 16.9. The minimum Gasteiger partial charge on any atom is -0.395 e. The highest BCUT2D eigenvalue weighted by atomic mass is 35.5. The van der Waals surface area contributed by atoms with Gasteiger partial charge < -0.3 is 15.3 Å². The first-order valence-electron chi connectivity index (χ1n) is 9.25. The fourth-order valence-corrected chi connectivity index (χ4v) is 3.58. The lowest BCUT2D eigenvalue weighted by molar-refractivity contribution is -0.119. The Kier molecular flexibility index (Phi) is 6.72. The maximum absolute atomic E-state index is 12.7. The fourth-order valence-electron chi connectivity index (χ4n) is 3.41. The van der Waals surface area contributed by atoms with Crippen molar-refractivity contribution in [3.63, 3.8) is 0 Å². The topological polar surface area (TPSA) is 55.8 Å². The normalized spacial score (nSPS) is 16.7. The second kappa shape index (κ2) is 9.22. The molecule has 6 heteroatoms. The molecule has 0 aromatic heterocycles. The van der Waals surface area contributed by atoms with E-state index in [9.17, 15) is 4.79 Å². The molecule has 3 rings (SSSR count). The minimum absolute atomic E-state index is 0.0265. The highest BCUT2D eigenvalue weighted by Crippen LogP contribution is 2.26. The maximum Gasteiger partial charge on any atom is 0.229 e. The summed E-state index contributed by atoms with van der Waals surface area (Å²) in [6.45, 7) is 2.91. The first kappa shape index (κ1) is 19.7. The molecule has 0 aliphatic carbocycles. The Bertz CT molecular complexity index is 769. The molecule has 1 saturated heterocycles. The van der Waals surface area contributed by atoms with Crippen LogP contribution in [-0.4, -0.2) is 49.2 Å². The van der Waals surface area contributed by atoms with E-state index < -0.39 is 0 Å². The third kappa shape index (κ3) is 5.22. The van der Waals surface area contributed by atoms with Crippen molar-refractivity contribution < 1.29 is 9.90 Å². The van der Waals surface area contributed by atoms with Crippen molar-refractivity contribution in [2.75, 3.05) is 43.5 Å². The monoisotopic (exact) mass is 387 g/mol. The standard InChI is InChI=1S/C21H26ClN3O2/c1-24(11-12-26)14-17-13-18(7-8-20(17)22)23-21(27)16-9-10-25(15-16)19-5-3-2-4-6-19/h2-8,13,16,26H,9-12,14-15H2,1H3,(H,23,27). The number of nitrogens with one attached hydrogen (secondary N) is 1. The van der Waals surface area contributed by atoms with Gasteiger partial charge in [0.25, 0.3) is 0 Å². The van der Waals surface area contributed by atoms with Crippen LogP contribution >= 0.6 is 11.6 Å². The molecule has 1 aliphatic heterocycles. The summed E-state index contributed by atoms with van der Waals surface area (Å²) in [5.41, 5.74) is 2.85. The molecule has 0 spiro atoms. The number of carbonyl (C=O) groups is 1. The molecule has 0 bridgehead atoms. The molecular weight excluding hydrogens is 362 g/mol. The molecule has 2 aromatic rings. The number of halogens is 1. The van der Waals surface area contributed by atoms with Crippen LogP contribution in [0.5, 0.6) is 0 Å². The first-order valence-corrected chi connectivity index (χ1v) is 9.63. The number of aliphatic hydroxyl groups excluding tert-OH is 1. The largest absolute Gasteiger partial charge is 0.395 e. The number of amides is 1. The number of hydrogen-bond donors (Lipinski definition) is 2. The van der Waals surface area contributed by atoms with Gasteiger partial charge >= 0.3 is 0 Å². The van der Waals surface area contributed by atoms with E-state index in [2.05, 4.69) is 22.3 Å². The molecule has 0 radical (unpaired) electrons. The summed E-state index contributed by atoms with van der Waals surface area (Å²) in [6.07, 6.45) is 0.848. The predicted molar refractivity (Wildman–Crippen MR) is 110 cm³/mol. The van der Waals surface area contributed by atoms with E-state index in [1.165, 1.54) is 0 Å². The Labute approximate surface area is 165 Å². The first-order chi connectivity index (χ1) is 13.1. The summed E-state index contributed by atoms with van der Waals surface area (Å²) in [7, 11) is 1.93. The van der Waals surface area contributed by atoms with Gasteiger partial charge in [-0.25, -0.2) is 0 Å². The van der Waals surface area contributed by atoms with Gasteiger partial charge in [0, 0.05) is 42.6 Å². The molecule has 144 valence electrons. The van der Waals surface area contributed by atoms with Gasteiger partial charge in [0.05, 0.1) is 12.5 Å². The Morgan fingerprint density at radius 2 is 2.07 bits per heavy atom. The Morgan fingerprint density at radius 1 is 1.30 bits per heavy atom. The fraction of sp³-hybridized carbons (Fsp3) is 0.381. The quantitative estimate of drug-likeness (QED) is 0.765. The van der Waals surface area contributed by atoms with Gasteiger partial charge in [-0.05, 0) is 49.4 Å². The molecule has 2 aromatic carbocycles. The van der Waals surface area contributed by atoms with E-state index in [4.69, 9.17) is 16.7 Å². The van der Waals surface area contributed by atoms with Crippen molar-refractivity contribution in [1.82, 2.24) is 4.90 Å². The summed E-state index contributed by atoms with van der Waals surface area (Å²) in [6, 6.07) is 15.8. The van der Waals surface area contributed by atoms with Crippen molar-refractivity contribution in [2.24, 2.45) is 5.92 Å². The maximum atomic E-state index is 12.7. The molecule has 5 nitrogen and oxygen atoms in total. The minimum atomic E-state index is -0.0265. The van der Waals surface area contributed by atoms with Crippen LogP contribution in [0, 0.1) is 5.92 Å².